The molecule has 0 aromatic heterocycles. The molecule has 1 heterocycles. The Morgan fingerprint density at radius 1 is 1.25 bits per heavy atom. The fourth-order valence-corrected chi connectivity index (χ4v) is 1.88. The quantitative estimate of drug-likeness (QED) is 0.574. The van der Waals surface area contributed by atoms with Crippen molar-refractivity contribution < 1.29 is 9.59 Å². The second-order valence-electron chi connectivity index (χ2n) is 4.65. The minimum Gasteiger partial charge on any atom is -0.397 e. The number of nitrogens with two attached hydrogens (primary N) is 1. The molecule has 1 aromatic rings. The molecule has 0 atom stereocenters. The first-order valence-corrected chi connectivity index (χ1v) is 5.15. The number of carbonyl (C=O) groups is 2. The average Bonchev–Trinajstić information content (AvgIpc) is 2.39. The third-order valence-corrected chi connectivity index (χ3v) is 2.80. The lowest BCUT2D eigenvalue weighted by Crippen LogP contribution is -2.33. The highest BCUT2D eigenvalue weighted by atomic mass is 16.2. The fraction of sp³-hybridized carbons (Fsp3) is 0.333. The second-order valence-corrected chi connectivity index (χ2v) is 4.65. The van der Waals surface area contributed by atoms with Gasteiger partial charge in [-0.15, -0.1) is 0 Å². The summed E-state index contributed by atoms with van der Waals surface area (Å²) in [7, 11) is 0. The van der Waals surface area contributed by atoms with Gasteiger partial charge in [-0.25, -0.2) is 4.90 Å². The molecule has 0 spiro atoms. The van der Waals surface area contributed by atoms with Crippen molar-refractivity contribution in [3.05, 3.63) is 24.3 Å². The summed E-state index contributed by atoms with van der Waals surface area (Å²) in [5.41, 5.74) is 6.08. The maximum atomic E-state index is 12.0. The number of nitrogen functional groups attached to an aromatic ring is 1. The third-order valence-electron chi connectivity index (χ3n) is 2.80. The average molecular weight is 218 g/mol. The van der Waals surface area contributed by atoms with E-state index >= 15 is 0 Å². The Morgan fingerprint density at radius 3 is 2.38 bits per heavy atom. The molecular weight excluding hydrogens is 204 g/mol. The zero-order valence-corrected chi connectivity index (χ0v) is 9.36. The van der Waals surface area contributed by atoms with Crippen molar-refractivity contribution in [3.63, 3.8) is 0 Å². The van der Waals surface area contributed by atoms with E-state index in [0.29, 0.717) is 11.4 Å². The Morgan fingerprint density at radius 2 is 1.88 bits per heavy atom. The van der Waals surface area contributed by atoms with E-state index in [1.165, 1.54) is 4.90 Å². The third kappa shape index (κ3) is 1.46. The molecule has 4 heteroatoms. The van der Waals surface area contributed by atoms with Gasteiger partial charge in [-0.3, -0.25) is 9.59 Å². The van der Waals surface area contributed by atoms with Crippen LogP contribution in [-0.2, 0) is 9.59 Å². The molecule has 1 saturated heterocycles. The minimum atomic E-state index is -0.626. The van der Waals surface area contributed by atoms with E-state index in [4.69, 9.17) is 5.73 Å². The number of para-hydroxylation sites is 2. The van der Waals surface area contributed by atoms with Crippen molar-refractivity contribution >= 4 is 23.2 Å². The molecule has 84 valence electrons. The van der Waals surface area contributed by atoms with Crippen molar-refractivity contribution in [2.24, 2.45) is 5.41 Å². The summed E-state index contributed by atoms with van der Waals surface area (Å²) in [6, 6.07) is 6.90. The molecule has 2 amide bonds. The number of benzene rings is 1. The van der Waals surface area contributed by atoms with Crippen LogP contribution in [0.1, 0.15) is 20.3 Å². The Labute approximate surface area is 94.0 Å². The molecule has 1 aromatic carbocycles. The summed E-state index contributed by atoms with van der Waals surface area (Å²) in [6.07, 6.45) is 0.236. The van der Waals surface area contributed by atoms with Crippen molar-refractivity contribution in [1.82, 2.24) is 0 Å². The van der Waals surface area contributed by atoms with Gasteiger partial charge >= 0.3 is 0 Å². The van der Waals surface area contributed by atoms with E-state index in [1.54, 1.807) is 38.1 Å². The highest BCUT2D eigenvalue weighted by Gasteiger charge is 2.45. The van der Waals surface area contributed by atoms with E-state index in [2.05, 4.69) is 0 Å². The van der Waals surface area contributed by atoms with E-state index in [-0.39, 0.29) is 18.2 Å². The van der Waals surface area contributed by atoms with Crippen LogP contribution < -0.4 is 10.6 Å². The van der Waals surface area contributed by atoms with E-state index < -0.39 is 5.41 Å². The Kier molecular flexibility index (Phi) is 2.22. The molecule has 2 rings (SSSR count). The predicted octanol–water partition coefficient (Wildman–Crippen LogP) is 1.56. The molecule has 0 radical (unpaired) electrons. The van der Waals surface area contributed by atoms with Gasteiger partial charge < -0.3 is 5.73 Å². The summed E-state index contributed by atoms with van der Waals surface area (Å²) in [5.74, 6) is -0.372. The standard InChI is InChI=1S/C12H14N2O2/c1-12(2)7-10(15)14(11(12)16)9-6-4-3-5-8(9)13/h3-6H,7,13H2,1-2H3. The van der Waals surface area contributed by atoms with Gasteiger partial charge in [-0.05, 0) is 12.1 Å². The summed E-state index contributed by atoms with van der Waals surface area (Å²) < 4.78 is 0. The van der Waals surface area contributed by atoms with Crippen molar-refractivity contribution in [2.45, 2.75) is 20.3 Å². The van der Waals surface area contributed by atoms with Gasteiger partial charge in [0.05, 0.1) is 16.8 Å². The van der Waals surface area contributed by atoms with Crippen LogP contribution >= 0.6 is 0 Å². The predicted molar refractivity (Wildman–Crippen MR) is 61.7 cm³/mol. The highest BCUT2D eigenvalue weighted by Crippen LogP contribution is 2.36. The molecule has 2 N–H and O–H groups in total. The van der Waals surface area contributed by atoms with Crippen molar-refractivity contribution in [3.8, 4) is 0 Å². The van der Waals surface area contributed by atoms with Crippen LogP contribution in [0.5, 0.6) is 0 Å². The van der Waals surface area contributed by atoms with Crippen LogP contribution in [0.15, 0.2) is 24.3 Å². The topological polar surface area (TPSA) is 63.4 Å². The zero-order valence-electron chi connectivity index (χ0n) is 9.36. The van der Waals surface area contributed by atoms with E-state index in [0.717, 1.165) is 0 Å². The maximum absolute atomic E-state index is 12.0. The smallest absolute Gasteiger partial charge is 0.240 e. The van der Waals surface area contributed by atoms with Crippen LogP contribution in [0, 0.1) is 5.41 Å². The van der Waals surface area contributed by atoms with Crippen LogP contribution in [0.2, 0.25) is 0 Å². The monoisotopic (exact) mass is 218 g/mol. The molecule has 4 nitrogen and oxygen atoms in total. The lowest BCUT2D eigenvalue weighted by atomic mass is 9.92. The molecular formula is C12H14N2O2. The first kappa shape index (κ1) is 10.7. The van der Waals surface area contributed by atoms with Gasteiger partial charge in [0.25, 0.3) is 0 Å². The lowest BCUT2D eigenvalue weighted by Gasteiger charge is -2.19. The number of nitrogens with zero attached hydrogens (tertiary/aromatic N) is 1. The molecule has 0 saturated carbocycles. The molecule has 1 aliphatic rings. The van der Waals surface area contributed by atoms with Crippen LogP contribution in [0.4, 0.5) is 11.4 Å². The van der Waals surface area contributed by atoms with Gasteiger partial charge in [0.1, 0.15) is 0 Å². The van der Waals surface area contributed by atoms with Crippen LogP contribution in [0.25, 0.3) is 0 Å². The molecule has 0 unspecified atom stereocenters. The SMILES string of the molecule is CC1(C)CC(=O)N(c2ccccc2N)C1=O. The molecule has 0 aliphatic carbocycles. The summed E-state index contributed by atoms with van der Waals surface area (Å²) in [4.78, 5) is 25.0. The number of hydrogen-bond acceptors (Lipinski definition) is 3. The number of rotatable bonds is 1. The molecule has 1 aliphatic heterocycles. The molecule has 16 heavy (non-hydrogen) atoms. The van der Waals surface area contributed by atoms with E-state index in [1.807, 2.05) is 0 Å². The first-order chi connectivity index (χ1) is 7.43. The van der Waals surface area contributed by atoms with Gasteiger partial charge in [0, 0.05) is 6.42 Å². The van der Waals surface area contributed by atoms with Gasteiger partial charge in [0.2, 0.25) is 11.8 Å². The second kappa shape index (κ2) is 3.33. The number of imide groups is 1. The summed E-state index contributed by atoms with van der Waals surface area (Å²) in [6.45, 7) is 3.54. The van der Waals surface area contributed by atoms with Crippen molar-refractivity contribution in [1.29, 1.82) is 0 Å². The number of hydrogen-bond donors (Lipinski definition) is 1. The van der Waals surface area contributed by atoms with Crippen LogP contribution in [-0.4, -0.2) is 11.8 Å². The van der Waals surface area contributed by atoms with Crippen molar-refractivity contribution in [2.75, 3.05) is 10.6 Å². The largest absolute Gasteiger partial charge is 0.397 e. The normalized spacial score (nSPS) is 19.2. The first-order valence-electron chi connectivity index (χ1n) is 5.15. The number of carbonyl (C=O) groups excluding carboxylic acids is 2. The van der Waals surface area contributed by atoms with Gasteiger partial charge in [-0.2, -0.15) is 0 Å². The summed E-state index contributed by atoms with van der Waals surface area (Å²) >= 11 is 0. The van der Waals surface area contributed by atoms with Crippen LogP contribution in [0.3, 0.4) is 0 Å². The molecule has 0 bridgehead atoms. The lowest BCUT2D eigenvalue weighted by molar-refractivity contribution is -0.124. The van der Waals surface area contributed by atoms with Gasteiger partial charge in [0.15, 0.2) is 0 Å². The number of anilines is 2. The highest BCUT2D eigenvalue weighted by molar-refractivity contribution is 6.23. The van der Waals surface area contributed by atoms with Gasteiger partial charge in [-0.1, -0.05) is 26.0 Å². The maximum Gasteiger partial charge on any atom is 0.240 e. The molecule has 1 fully saturated rings. The van der Waals surface area contributed by atoms with E-state index in [9.17, 15) is 9.59 Å². The Balaban J connectivity index is 2.47. The Bertz CT molecular complexity index is 466. The fourth-order valence-electron chi connectivity index (χ4n) is 1.88. The minimum absolute atomic E-state index is 0.185. The number of amides is 2. The zero-order chi connectivity index (χ0) is 11.9. The summed E-state index contributed by atoms with van der Waals surface area (Å²) in [5, 5.41) is 0. The Hall–Kier alpha value is -1.84.